The van der Waals surface area contributed by atoms with Crippen molar-refractivity contribution in [3.8, 4) is 17.2 Å². The second kappa shape index (κ2) is 5.66. The summed E-state index contributed by atoms with van der Waals surface area (Å²) in [7, 11) is 1.59. The number of carbonyl (C=O) groups is 1. The molecule has 0 bridgehead atoms. The highest BCUT2D eigenvalue weighted by Crippen LogP contribution is 2.27. The summed E-state index contributed by atoms with van der Waals surface area (Å²) in [6, 6.07) is 10.6. The lowest BCUT2D eigenvalue weighted by Crippen LogP contribution is -2.01. The smallest absolute Gasteiger partial charge is 0.196 e. The summed E-state index contributed by atoms with van der Waals surface area (Å²) in [6.45, 7) is 0. The van der Waals surface area contributed by atoms with Crippen molar-refractivity contribution in [2.45, 2.75) is 0 Å². The Hall–Kier alpha value is -3.41. The molecule has 0 aliphatic rings. The Labute approximate surface area is 137 Å². The normalized spacial score (nSPS) is 10.9. The molecule has 0 radical (unpaired) electrons. The number of nitrogens with zero attached hydrogens (tertiary/aromatic N) is 2. The quantitative estimate of drug-likeness (QED) is 0.583. The average Bonchev–Trinajstić information content (AvgIpc) is 3.30. The third-order valence-corrected chi connectivity index (χ3v) is 3.81. The fourth-order valence-corrected chi connectivity index (χ4v) is 2.61. The van der Waals surface area contributed by atoms with Crippen LogP contribution in [0.4, 0.5) is 0 Å². The molecule has 118 valence electrons. The van der Waals surface area contributed by atoms with Gasteiger partial charge in [-0.15, -0.1) is 0 Å². The van der Waals surface area contributed by atoms with Gasteiger partial charge in [0.25, 0.3) is 0 Å². The van der Waals surface area contributed by atoms with Crippen LogP contribution < -0.4 is 4.74 Å². The van der Waals surface area contributed by atoms with E-state index in [1.54, 1.807) is 49.9 Å². The summed E-state index contributed by atoms with van der Waals surface area (Å²) >= 11 is 0. The third kappa shape index (κ3) is 2.25. The summed E-state index contributed by atoms with van der Waals surface area (Å²) < 4.78 is 10.5. The summed E-state index contributed by atoms with van der Waals surface area (Å²) in [6.07, 6.45) is 4.66. The largest absolute Gasteiger partial charge is 0.497 e. The van der Waals surface area contributed by atoms with Gasteiger partial charge in [0.2, 0.25) is 0 Å². The molecule has 3 heterocycles. The molecule has 4 rings (SSSR count). The van der Waals surface area contributed by atoms with Crippen molar-refractivity contribution in [2.24, 2.45) is 0 Å². The number of aromatic amines is 1. The molecule has 0 saturated heterocycles. The first-order chi connectivity index (χ1) is 11.8. The van der Waals surface area contributed by atoms with Crippen LogP contribution in [0.3, 0.4) is 0 Å². The Kier molecular flexibility index (Phi) is 3.35. The molecule has 0 saturated carbocycles. The maximum atomic E-state index is 12.8. The number of fused-ring (bicyclic) bond motifs is 1. The molecule has 0 fully saturated rings. The predicted molar refractivity (Wildman–Crippen MR) is 88.0 cm³/mol. The average molecular weight is 319 g/mol. The molecule has 1 N–H and O–H groups in total. The molecule has 0 amide bonds. The van der Waals surface area contributed by atoms with Gasteiger partial charge in [0.15, 0.2) is 11.5 Å². The van der Waals surface area contributed by atoms with Crippen molar-refractivity contribution in [3.05, 3.63) is 66.3 Å². The van der Waals surface area contributed by atoms with Crippen LogP contribution in [0.5, 0.6) is 5.75 Å². The van der Waals surface area contributed by atoms with Crippen LogP contribution in [0.15, 0.2) is 59.6 Å². The Morgan fingerprint density at radius 3 is 2.71 bits per heavy atom. The Balaban J connectivity index is 1.80. The first kappa shape index (κ1) is 14.2. The number of nitrogens with one attached hydrogen (secondary N) is 1. The van der Waals surface area contributed by atoms with Crippen molar-refractivity contribution in [1.82, 2.24) is 15.0 Å². The van der Waals surface area contributed by atoms with E-state index in [1.807, 2.05) is 6.07 Å². The zero-order valence-corrected chi connectivity index (χ0v) is 12.8. The maximum Gasteiger partial charge on any atom is 0.196 e. The van der Waals surface area contributed by atoms with Gasteiger partial charge in [-0.1, -0.05) is 0 Å². The minimum absolute atomic E-state index is 0.118. The van der Waals surface area contributed by atoms with Crippen LogP contribution in [0.1, 0.15) is 15.9 Å². The van der Waals surface area contributed by atoms with Gasteiger partial charge >= 0.3 is 0 Å². The van der Waals surface area contributed by atoms with E-state index in [4.69, 9.17) is 9.15 Å². The van der Waals surface area contributed by atoms with E-state index in [0.29, 0.717) is 39.4 Å². The molecule has 24 heavy (non-hydrogen) atoms. The zero-order chi connectivity index (χ0) is 16.5. The minimum atomic E-state index is -0.118. The third-order valence-electron chi connectivity index (χ3n) is 3.81. The van der Waals surface area contributed by atoms with E-state index in [9.17, 15) is 4.79 Å². The van der Waals surface area contributed by atoms with Gasteiger partial charge in [-0.05, 0) is 36.4 Å². The molecule has 0 unspecified atom stereocenters. The van der Waals surface area contributed by atoms with E-state index in [-0.39, 0.29) is 5.78 Å². The fraction of sp³-hybridized carbons (Fsp3) is 0.0556. The molecular formula is C18H13N3O3. The SMILES string of the molecule is COc1ccc(C(=O)c2c[nH]c3c(-c4ccco4)ncnc23)cc1. The maximum absolute atomic E-state index is 12.8. The second-order valence-corrected chi connectivity index (χ2v) is 5.18. The number of ketones is 1. The monoisotopic (exact) mass is 319 g/mol. The topological polar surface area (TPSA) is 81.0 Å². The van der Waals surface area contributed by atoms with Crippen LogP contribution in [-0.2, 0) is 0 Å². The number of carbonyl (C=O) groups excluding carboxylic acids is 1. The van der Waals surface area contributed by atoms with Gasteiger partial charge < -0.3 is 14.1 Å². The first-order valence-electron chi connectivity index (χ1n) is 7.32. The van der Waals surface area contributed by atoms with Crippen LogP contribution >= 0.6 is 0 Å². The number of furan rings is 1. The van der Waals surface area contributed by atoms with E-state index >= 15 is 0 Å². The number of ether oxygens (including phenoxy) is 1. The molecule has 6 heteroatoms. The summed E-state index contributed by atoms with van der Waals surface area (Å²) in [5.41, 5.74) is 2.92. The fourth-order valence-electron chi connectivity index (χ4n) is 2.61. The summed E-state index contributed by atoms with van der Waals surface area (Å²) in [4.78, 5) is 24.4. The van der Waals surface area contributed by atoms with Gasteiger partial charge in [0, 0.05) is 11.8 Å². The number of aromatic nitrogens is 3. The Bertz CT molecular complexity index is 1000. The Morgan fingerprint density at radius 2 is 2.00 bits per heavy atom. The van der Waals surface area contributed by atoms with Gasteiger partial charge in [-0.2, -0.15) is 0 Å². The van der Waals surface area contributed by atoms with Gasteiger partial charge in [0.05, 0.1) is 24.5 Å². The van der Waals surface area contributed by atoms with Crippen molar-refractivity contribution < 1.29 is 13.9 Å². The molecule has 6 nitrogen and oxygen atoms in total. The number of methoxy groups -OCH3 is 1. The van der Waals surface area contributed by atoms with Crippen molar-refractivity contribution in [3.63, 3.8) is 0 Å². The van der Waals surface area contributed by atoms with Crippen LogP contribution in [0, 0.1) is 0 Å². The lowest BCUT2D eigenvalue weighted by molar-refractivity contribution is 0.104. The highest BCUT2D eigenvalue weighted by Gasteiger charge is 2.19. The van der Waals surface area contributed by atoms with Crippen LogP contribution in [0.2, 0.25) is 0 Å². The summed E-state index contributed by atoms with van der Waals surface area (Å²) in [5, 5.41) is 0. The van der Waals surface area contributed by atoms with E-state index in [0.717, 1.165) is 0 Å². The molecule has 4 aromatic rings. The lowest BCUT2D eigenvalue weighted by Gasteiger charge is -2.02. The standard InChI is InChI=1S/C18H13N3O3/c1-23-12-6-4-11(5-7-12)18(22)13-9-19-17-15(13)20-10-21-16(17)14-3-2-8-24-14/h2-10,19H,1H3. The van der Waals surface area contributed by atoms with Crippen LogP contribution in [-0.4, -0.2) is 27.8 Å². The zero-order valence-electron chi connectivity index (χ0n) is 12.8. The Morgan fingerprint density at radius 1 is 1.17 bits per heavy atom. The van der Waals surface area contributed by atoms with E-state index < -0.39 is 0 Å². The minimum Gasteiger partial charge on any atom is -0.497 e. The molecule has 0 atom stereocenters. The van der Waals surface area contributed by atoms with Crippen molar-refractivity contribution in [2.75, 3.05) is 7.11 Å². The van der Waals surface area contributed by atoms with E-state index in [2.05, 4.69) is 15.0 Å². The van der Waals surface area contributed by atoms with Crippen LogP contribution in [0.25, 0.3) is 22.5 Å². The predicted octanol–water partition coefficient (Wildman–Crippen LogP) is 3.46. The van der Waals surface area contributed by atoms with Gasteiger partial charge in [-0.3, -0.25) is 4.79 Å². The lowest BCUT2D eigenvalue weighted by atomic mass is 10.0. The first-order valence-corrected chi connectivity index (χ1v) is 7.32. The molecule has 0 aliphatic carbocycles. The van der Waals surface area contributed by atoms with Crippen molar-refractivity contribution >= 4 is 16.8 Å². The molecular weight excluding hydrogens is 306 g/mol. The molecule has 1 aromatic carbocycles. The van der Waals surface area contributed by atoms with Gasteiger partial charge in [-0.25, -0.2) is 9.97 Å². The molecule has 0 aliphatic heterocycles. The number of rotatable bonds is 4. The number of hydrogen-bond donors (Lipinski definition) is 1. The number of benzene rings is 1. The summed E-state index contributed by atoms with van der Waals surface area (Å²) in [5.74, 6) is 1.20. The molecule has 3 aromatic heterocycles. The highest BCUT2D eigenvalue weighted by atomic mass is 16.5. The van der Waals surface area contributed by atoms with Gasteiger partial charge in [0.1, 0.15) is 23.3 Å². The number of hydrogen-bond acceptors (Lipinski definition) is 5. The second-order valence-electron chi connectivity index (χ2n) is 5.18. The highest BCUT2D eigenvalue weighted by molar-refractivity contribution is 6.16. The van der Waals surface area contributed by atoms with E-state index in [1.165, 1.54) is 6.33 Å². The van der Waals surface area contributed by atoms with Crippen molar-refractivity contribution in [1.29, 1.82) is 0 Å². The number of H-pyrrole nitrogens is 1. The molecule has 0 spiro atoms.